The third-order valence-corrected chi connectivity index (χ3v) is 1.84. The molecule has 16 heavy (non-hydrogen) atoms. The van der Waals surface area contributed by atoms with Gasteiger partial charge < -0.3 is 9.84 Å². The molecule has 0 fully saturated rings. The fourth-order valence-corrected chi connectivity index (χ4v) is 1.11. The first kappa shape index (κ1) is 11.8. The number of ether oxygens (including phenoxy) is 1. The summed E-state index contributed by atoms with van der Waals surface area (Å²) in [5.74, 6) is -0.469. The quantitative estimate of drug-likeness (QED) is 0.619. The van der Waals surface area contributed by atoms with E-state index >= 15 is 0 Å². The van der Waals surface area contributed by atoms with E-state index in [9.17, 15) is 9.90 Å². The lowest BCUT2D eigenvalue weighted by Crippen LogP contribution is -1.98. The summed E-state index contributed by atoms with van der Waals surface area (Å²) in [6, 6.07) is 6.34. The van der Waals surface area contributed by atoms with Gasteiger partial charge >= 0.3 is 5.97 Å². The number of hydrogen-bond acceptors (Lipinski definition) is 4. The van der Waals surface area contributed by atoms with Gasteiger partial charge in [0.1, 0.15) is 5.75 Å². The van der Waals surface area contributed by atoms with Gasteiger partial charge in [0.15, 0.2) is 0 Å². The zero-order chi connectivity index (χ0) is 12.0. The van der Waals surface area contributed by atoms with E-state index in [-0.39, 0.29) is 5.75 Å². The molecule has 4 heteroatoms. The van der Waals surface area contributed by atoms with Gasteiger partial charge in [0.2, 0.25) is 0 Å². The Hall–Kier alpha value is -2.28. The van der Waals surface area contributed by atoms with Gasteiger partial charge in [0.25, 0.3) is 0 Å². The van der Waals surface area contributed by atoms with Crippen molar-refractivity contribution in [2.45, 2.75) is 6.92 Å². The van der Waals surface area contributed by atoms with Crippen LogP contribution in [-0.2, 0) is 9.53 Å². The molecule has 0 amide bonds. The summed E-state index contributed by atoms with van der Waals surface area (Å²) in [6.07, 6.45) is 2.62. The van der Waals surface area contributed by atoms with Crippen molar-refractivity contribution in [2.75, 3.05) is 6.61 Å². The number of hydrogen-bond donors (Lipinski definition) is 1. The SMILES string of the molecule is CCOC(=O)C=Cc1cc(C#N)ccc1O. The smallest absolute Gasteiger partial charge is 0.330 e. The second kappa shape index (κ2) is 5.56. The molecule has 0 unspecified atom stereocenters. The van der Waals surface area contributed by atoms with Crippen molar-refractivity contribution in [3.63, 3.8) is 0 Å². The molecule has 0 radical (unpaired) electrons. The van der Waals surface area contributed by atoms with Crippen LogP contribution in [-0.4, -0.2) is 17.7 Å². The summed E-state index contributed by atoms with van der Waals surface area (Å²) in [4.78, 5) is 11.0. The van der Waals surface area contributed by atoms with Gasteiger partial charge in [0.05, 0.1) is 18.2 Å². The van der Waals surface area contributed by atoms with E-state index < -0.39 is 5.97 Å². The Morgan fingerprint density at radius 1 is 1.62 bits per heavy atom. The van der Waals surface area contributed by atoms with Crippen molar-refractivity contribution in [3.05, 3.63) is 35.4 Å². The lowest BCUT2D eigenvalue weighted by molar-refractivity contribution is -0.137. The maximum atomic E-state index is 11.0. The standard InChI is InChI=1S/C12H11NO3/c1-2-16-12(15)6-4-10-7-9(8-13)3-5-11(10)14/h3-7,14H,2H2,1H3. The van der Waals surface area contributed by atoms with E-state index in [4.69, 9.17) is 5.26 Å². The summed E-state index contributed by atoms with van der Waals surface area (Å²) in [5, 5.41) is 18.1. The first-order chi connectivity index (χ1) is 7.67. The second-order valence-corrected chi connectivity index (χ2v) is 2.97. The van der Waals surface area contributed by atoms with Crippen LogP contribution < -0.4 is 0 Å². The molecule has 1 aromatic rings. The van der Waals surface area contributed by atoms with Crippen molar-refractivity contribution in [3.8, 4) is 11.8 Å². The maximum Gasteiger partial charge on any atom is 0.330 e. The number of rotatable bonds is 3. The van der Waals surface area contributed by atoms with E-state index in [1.165, 1.54) is 30.4 Å². The summed E-state index contributed by atoms with van der Waals surface area (Å²) in [6.45, 7) is 2.01. The number of phenolic OH excluding ortho intramolecular Hbond substituents is 1. The van der Waals surface area contributed by atoms with Gasteiger partial charge in [0, 0.05) is 11.6 Å². The Bertz CT molecular complexity index is 458. The molecule has 0 spiro atoms. The number of nitrogens with zero attached hydrogens (tertiary/aromatic N) is 1. The lowest BCUT2D eigenvalue weighted by Gasteiger charge is -1.99. The minimum Gasteiger partial charge on any atom is -0.507 e. The maximum absolute atomic E-state index is 11.0. The first-order valence-corrected chi connectivity index (χ1v) is 4.75. The Kier molecular flexibility index (Phi) is 4.10. The van der Waals surface area contributed by atoms with Crippen LogP contribution in [0.4, 0.5) is 0 Å². The van der Waals surface area contributed by atoms with E-state index in [0.717, 1.165) is 0 Å². The number of carbonyl (C=O) groups excluding carboxylic acids is 1. The number of aromatic hydroxyl groups is 1. The predicted octanol–water partition coefficient (Wildman–Crippen LogP) is 1.84. The molecule has 0 saturated carbocycles. The largest absolute Gasteiger partial charge is 0.507 e. The molecule has 1 N–H and O–H groups in total. The molecule has 0 aliphatic heterocycles. The molecule has 1 rings (SSSR count). The van der Waals surface area contributed by atoms with Crippen LogP contribution in [0.25, 0.3) is 6.08 Å². The normalized spacial score (nSPS) is 10.0. The Labute approximate surface area is 93.4 Å². The van der Waals surface area contributed by atoms with Crippen LogP contribution in [0.1, 0.15) is 18.1 Å². The van der Waals surface area contributed by atoms with Gasteiger partial charge in [-0.05, 0) is 31.2 Å². The van der Waals surface area contributed by atoms with Crippen LogP contribution in [0.15, 0.2) is 24.3 Å². The second-order valence-electron chi connectivity index (χ2n) is 2.97. The van der Waals surface area contributed by atoms with Gasteiger partial charge in [-0.25, -0.2) is 4.79 Å². The fraction of sp³-hybridized carbons (Fsp3) is 0.167. The summed E-state index contributed by atoms with van der Waals surface area (Å²) >= 11 is 0. The minimum atomic E-state index is -0.482. The molecule has 0 aliphatic carbocycles. The molecule has 1 aromatic carbocycles. The summed E-state index contributed by atoms with van der Waals surface area (Å²) in [7, 11) is 0. The van der Waals surface area contributed by atoms with Crippen molar-refractivity contribution < 1.29 is 14.6 Å². The highest BCUT2D eigenvalue weighted by molar-refractivity contribution is 5.87. The lowest BCUT2D eigenvalue weighted by atomic mass is 10.1. The monoisotopic (exact) mass is 217 g/mol. The number of nitriles is 1. The molecule has 0 bridgehead atoms. The highest BCUT2D eigenvalue weighted by Gasteiger charge is 2.00. The summed E-state index contributed by atoms with van der Waals surface area (Å²) < 4.78 is 4.69. The number of benzene rings is 1. The van der Waals surface area contributed by atoms with Crippen molar-refractivity contribution in [2.24, 2.45) is 0 Å². The zero-order valence-electron chi connectivity index (χ0n) is 8.80. The molecule has 0 heterocycles. The van der Waals surface area contributed by atoms with Crippen LogP contribution in [0.5, 0.6) is 5.75 Å². The van der Waals surface area contributed by atoms with Gasteiger partial charge in [-0.2, -0.15) is 5.26 Å². The van der Waals surface area contributed by atoms with Crippen molar-refractivity contribution in [1.82, 2.24) is 0 Å². The third kappa shape index (κ3) is 3.14. The fourth-order valence-electron chi connectivity index (χ4n) is 1.11. The molecule has 4 nitrogen and oxygen atoms in total. The van der Waals surface area contributed by atoms with Gasteiger partial charge in [-0.15, -0.1) is 0 Å². The van der Waals surface area contributed by atoms with E-state index in [0.29, 0.717) is 17.7 Å². The Morgan fingerprint density at radius 3 is 3.00 bits per heavy atom. The molecule has 0 atom stereocenters. The average Bonchev–Trinajstić information content (AvgIpc) is 2.28. The van der Waals surface area contributed by atoms with E-state index in [1.54, 1.807) is 6.92 Å². The number of carbonyl (C=O) groups is 1. The summed E-state index contributed by atoms with van der Waals surface area (Å²) in [5.41, 5.74) is 0.827. The van der Waals surface area contributed by atoms with Crippen LogP contribution in [0.2, 0.25) is 0 Å². The average molecular weight is 217 g/mol. The Morgan fingerprint density at radius 2 is 2.38 bits per heavy atom. The van der Waals surface area contributed by atoms with Crippen molar-refractivity contribution in [1.29, 1.82) is 5.26 Å². The molecule has 0 aromatic heterocycles. The molecule has 0 saturated heterocycles. The topological polar surface area (TPSA) is 70.3 Å². The zero-order valence-corrected chi connectivity index (χ0v) is 8.80. The molecular formula is C12H11NO3. The van der Waals surface area contributed by atoms with E-state index in [1.807, 2.05) is 6.07 Å². The highest BCUT2D eigenvalue weighted by Crippen LogP contribution is 2.19. The highest BCUT2D eigenvalue weighted by atomic mass is 16.5. The first-order valence-electron chi connectivity index (χ1n) is 4.75. The van der Waals surface area contributed by atoms with Gasteiger partial charge in [-0.3, -0.25) is 0 Å². The predicted molar refractivity (Wildman–Crippen MR) is 58.5 cm³/mol. The van der Waals surface area contributed by atoms with Crippen molar-refractivity contribution >= 4 is 12.0 Å². The number of phenols is 1. The Balaban J connectivity index is 2.88. The molecular weight excluding hydrogens is 206 g/mol. The molecule has 0 aliphatic rings. The van der Waals surface area contributed by atoms with Gasteiger partial charge in [-0.1, -0.05) is 0 Å². The van der Waals surface area contributed by atoms with Crippen LogP contribution >= 0.6 is 0 Å². The molecule has 82 valence electrons. The van der Waals surface area contributed by atoms with E-state index in [2.05, 4.69) is 4.74 Å². The minimum absolute atomic E-state index is 0.0135. The van der Waals surface area contributed by atoms with Crippen LogP contribution in [0.3, 0.4) is 0 Å². The number of esters is 1. The van der Waals surface area contributed by atoms with Crippen LogP contribution in [0, 0.1) is 11.3 Å². The third-order valence-electron chi connectivity index (χ3n) is 1.84.